The van der Waals surface area contributed by atoms with Crippen molar-refractivity contribution in [3.63, 3.8) is 0 Å². The standard InChI is InChI=1S/C11H18O4S/c12-10(13)11(6-2-1-3-7-11)9-5-4-8-16(9,14)15/h9H,1-8H2,(H,12,13)/t9-/m0/s1. The molecule has 1 saturated heterocycles. The molecule has 1 atom stereocenters. The third kappa shape index (κ3) is 1.75. The molecular weight excluding hydrogens is 228 g/mol. The lowest BCUT2D eigenvalue weighted by atomic mass is 9.70. The number of carboxylic acids is 1. The molecule has 0 aromatic rings. The quantitative estimate of drug-likeness (QED) is 0.803. The van der Waals surface area contributed by atoms with Gasteiger partial charge in [0.05, 0.1) is 16.4 Å². The number of hydrogen-bond acceptors (Lipinski definition) is 3. The highest BCUT2D eigenvalue weighted by molar-refractivity contribution is 7.92. The molecule has 4 nitrogen and oxygen atoms in total. The first-order chi connectivity index (χ1) is 7.49. The summed E-state index contributed by atoms with van der Waals surface area (Å²) in [5, 5.41) is 8.79. The Morgan fingerprint density at radius 3 is 2.19 bits per heavy atom. The van der Waals surface area contributed by atoms with Crippen molar-refractivity contribution in [3.05, 3.63) is 0 Å². The van der Waals surface area contributed by atoms with Crippen LogP contribution < -0.4 is 0 Å². The van der Waals surface area contributed by atoms with Crippen LogP contribution in [0.2, 0.25) is 0 Å². The first kappa shape index (κ1) is 11.9. The molecule has 2 aliphatic rings. The minimum Gasteiger partial charge on any atom is -0.481 e. The van der Waals surface area contributed by atoms with Crippen LogP contribution in [-0.2, 0) is 14.6 Å². The van der Waals surface area contributed by atoms with Gasteiger partial charge in [0, 0.05) is 0 Å². The number of rotatable bonds is 2. The maximum absolute atomic E-state index is 11.9. The molecule has 1 aliphatic heterocycles. The molecule has 1 saturated carbocycles. The third-order valence-corrected chi connectivity index (χ3v) is 6.53. The van der Waals surface area contributed by atoms with E-state index in [-0.39, 0.29) is 5.75 Å². The first-order valence-corrected chi connectivity index (χ1v) is 7.65. The molecule has 0 spiro atoms. The van der Waals surface area contributed by atoms with Crippen molar-refractivity contribution in [2.24, 2.45) is 5.41 Å². The van der Waals surface area contributed by atoms with E-state index in [1.807, 2.05) is 0 Å². The molecule has 92 valence electrons. The van der Waals surface area contributed by atoms with Gasteiger partial charge in [-0.2, -0.15) is 0 Å². The van der Waals surface area contributed by atoms with E-state index in [1.54, 1.807) is 0 Å². The second kappa shape index (κ2) is 4.02. The molecule has 0 bridgehead atoms. The van der Waals surface area contributed by atoms with Crippen LogP contribution in [0.15, 0.2) is 0 Å². The number of carbonyl (C=O) groups is 1. The maximum Gasteiger partial charge on any atom is 0.310 e. The van der Waals surface area contributed by atoms with Gasteiger partial charge < -0.3 is 5.11 Å². The van der Waals surface area contributed by atoms with Gasteiger partial charge >= 0.3 is 5.97 Å². The number of aliphatic carboxylic acids is 1. The fraction of sp³-hybridized carbons (Fsp3) is 0.909. The Hall–Kier alpha value is -0.580. The van der Waals surface area contributed by atoms with Crippen LogP contribution in [0.1, 0.15) is 44.9 Å². The third-order valence-electron chi connectivity index (χ3n) is 4.12. The van der Waals surface area contributed by atoms with Crippen LogP contribution in [0, 0.1) is 5.41 Å². The molecular formula is C11H18O4S. The van der Waals surface area contributed by atoms with Gasteiger partial charge in [-0.1, -0.05) is 19.3 Å². The first-order valence-electron chi connectivity index (χ1n) is 5.94. The summed E-state index contributed by atoms with van der Waals surface area (Å²) in [5.74, 6) is -0.727. The smallest absolute Gasteiger partial charge is 0.310 e. The van der Waals surface area contributed by atoms with Gasteiger partial charge in [-0.15, -0.1) is 0 Å². The molecule has 0 aromatic heterocycles. The zero-order valence-corrected chi connectivity index (χ0v) is 10.1. The molecule has 0 amide bonds. The molecule has 0 aromatic carbocycles. The lowest BCUT2D eigenvalue weighted by Crippen LogP contribution is -2.46. The zero-order valence-electron chi connectivity index (χ0n) is 9.31. The topological polar surface area (TPSA) is 71.4 Å². The predicted molar refractivity (Wildman–Crippen MR) is 60.0 cm³/mol. The molecule has 2 fully saturated rings. The van der Waals surface area contributed by atoms with E-state index in [0.717, 1.165) is 19.3 Å². The summed E-state index contributed by atoms with van der Waals surface area (Å²) in [6.07, 6.45) is 4.95. The molecule has 1 heterocycles. The van der Waals surface area contributed by atoms with E-state index in [9.17, 15) is 18.3 Å². The van der Waals surface area contributed by atoms with Crippen molar-refractivity contribution in [2.75, 3.05) is 5.75 Å². The lowest BCUT2D eigenvalue weighted by Gasteiger charge is -2.37. The van der Waals surface area contributed by atoms with Crippen molar-refractivity contribution >= 4 is 15.8 Å². The van der Waals surface area contributed by atoms with Gasteiger partial charge in [0.25, 0.3) is 0 Å². The van der Waals surface area contributed by atoms with Gasteiger partial charge in [-0.3, -0.25) is 4.79 Å². The Kier molecular flexibility index (Phi) is 2.99. The maximum atomic E-state index is 11.9. The summed E-state index contributed by atoms with van der Waals surface area (Å²) in [6.45, 7) is 0. The molecule has 1 aliphatic carbocycles. The molecule has 16 heavy (non-hydrogen) atoms. The zero-order chi connectivity index (χ0) is 11.8. The van der Waals surface area contributed by atoms with Crippen LogP contribution >= 0.6 is 0 Å². The molecule has 2 rings (SSSR count). The van der Waals surface area contributed by atoms with E-state index in [1.165, 1.54) is 0 Å². The Balaban J connectivity index is 2.36. The van der Waals surface area contributed by atoms with Gasteiger partial charge in [0.2, 0.25) is 0 Å². The molecule has 0 radical (unpaired) electrons. The monoisotopic (exact) mass is 246 g/mol. The Labute approximate surface area is 96.0 Å². The fourth-order valence-electron chi connectivity index (χ4n) is 3.27. The van der Waals surface area contributed by atoms with Crippen molar-refractivity contribution in [3.8, 4) is 0 Å². The summed E-state index contributed by atoms with van der Waals surface area (Å²) in [6, 6.07) is 0. The summed E-state index contributed by atoms with van der Waals surface area (Å²) < 4.78 is 23.8. The van der Waals surface area contributed by atoms with Crippen LogP contribution in [0.4, 0.5) is 0 Å². The molecule has 0 unspecified atom stereocenters. The summed E-state index contributed by atoms with van der Waals surface area (Å²) in [4.78, 5) is 11.5. The fourth-order valence-corrected chi connectivity index (χ4v) is 5.67. The van der Waals surface area contributed by atoms with E-state index in [2.05, 4.69) is 0 Å². The highest BCUT2D eigenvalue weighted by atomic mass is 32.2. The number of carboxylic acid groups (broad SMARTS) is 1. The van der Waals surface area contributed by atoms with Crippen LogP contribution in [0.25, 0.3) is 0 Å². The predicted octanol–water partition coefficient (Wildman–Crippen LogP) is 1.60. The molecule has 5 heteroatoms. The normalized spacial score (nSPS) is 32.4. The van der Waals surface area contributed by atoms with Crippen molar-refractivity contribution in [1.29, 1.82) is 0 Å². The summed E-state index contributed by atoms with van der Waals surface area (Å²) >= 11 is 0. The largest absolute Gasteiger partial charge is 0.481 e. The number of sulfone groups is 1. The van der Waals surface area contributed by atoms with Crippen molar-refractivity contribution in [1.82, 2.24) is 0 Å². The van der Waals surface area contributed by atoms with Gasteiger partial charge in [-0.25, -0.2) is 8.42 Å². The average molecular weight is 246 g/mol. The van der Waals surface area contributed by atoms with E-state index < -0.39 is 26.5 Å². The Bertz CT molecular complexity index is 379. The Morgan fingerprint density at radius 2 is 1.75 bits per heavy atom. The van der Waals surface area contributed by atoms with E-state index in [0.29, 0.717) is 25.7 Å². The summed E-state index contributed by atoms with van der Waals surface area (Å²) in [7, 11) is -3.17. The second-order valence-electron chi connectivity index (χ2n) is 5.02. The van der Waals surface area contributed by atoms with Gasteiger partial charge in [0.1, 0.15) is 0 Å². The van der Waals surface area contributed by atoms with Gasteiger partial charge in [-0.05, 0) is 25.7 Å². The van der Waals surface area contributed by atoms with E-state index >= 15 is 0 Å². The van der Waals surface area contributed by atoms with Crippen molar-refractivity contribution < 1.29 is 18.3 Å². The van der Waals surface area contributed by atoms with Crippen LogP contribution in [-0.4, -0.2) is 30.5 Å². The van der Waals surface area contributed by atoms with E-state index in [4.69, 9.17) is 0 Å². The minimum absolute atomic E-state index is 0.173. The van der Waals surface area contributed by atoms with Crippen molar-refractivity contribution in [2.45, 2.75) is 50.2 Å². The average Bonchev–Trinajstić information content (AvgIpc) is 2.59. The van der Waals surface area contributed by atoms with Crippen LogP contribution in [0.3, 0.4) is 0 Å². The highest BCUT2D eigenvalue weighted by Crippen LogP contribution is 2.46. The summed E-state index contributed by atoms with van der Waals surface area (Å²) in [5.41, 5.74) is -0.979. The molecule has 1 N–H and O–H groups in total. The SMILES string of the molecule is O=C(O)C1([C@@H]2CCCS2(=O)=O)CCCCC1. The highest BCUT2D eigenvalue weighted by Gasteiger charge is 2.53. The number of hydrogen-bond donors (Lipinski definition) is 1. The Morgan fingerprint density at radius 1 is 1.12 bits per heavy atom. The second-order valence-corrected chi connectivity index (χ2v) is 7.32. The van der Waals surface area contributed by atoms with Crippen LogP contribution in [0.5, 0.6) is 0 Å². The van der Waals surface area contributed by atoms with Gasteiger partial charge in [0.15, 0.2) is 9.84 Å². The minimum atomic E-state index is -3.17. The lowest BCUT2D eigenvalue weighted by molar-refractivity contribution is -0.151.